The molecular weight excluding hydrogens is 1400 g/mol. The second-order valence-electron chi connectivity index (χ2n) is 26.6. The van der Waals surface area contributed by atoms with Crippen molar-refractivity contribution in [3.05, 3.63) is 359 Å². The van der Waals surface area contributed by atoms with Crippen LogP contribution in [0.25, 0.3) is 0 Å². The van der Waals surface area contributed by atoms with Crippen LogP contribution in [0.1, 0.15) is 70.0 Å². The van der Waals surface area contributed by atoms with Gasteiger partial charge in [-0.15, -0.1) is 6.42 Å². The van der Waals surface area contributed by atoms with Crippen LogP contribution < -0.4 is 0 Å². The van der Waals surface area contributed by atoms with Crippen LogP contribution in [0.15, 0.2) is 303 Å². The van der Waals surface area contributed by atoms with Gasteiger partial charge in [0.2, 0.25) is 0 Å². The number of hydrogen-bond donors (Lipinski definition) is 0. The van der Waals surface area contributed by atoms with E-state index in [0.29, 0.717) is 0 Å². The van der Waals surface area contributed by atoms with Crippen molar-refractivity contribution < 1.29 is 90.2 Å². The van der Waals surface area contributed by atoms with Crippen LogP contribution in [0.2, 0.25) is 0 Å². The maximum Gasteiger partial charge on any atom is 0.338 e. The Balaban J connectivity index is 0.902. The average molecular weight is 1490 g/mol. The quantitative estimate of drug-likeness (QED) is 0.0204. The standard InChI is InChI=1S/C91H88O19/c1-2-53-96-91-85(110-88(94)73-51-31-12-32-52-73)82(109-87(93)72-49-29-11-30-50-72)79(108-86(92)71-47-27-10-28-48-71)76(107-91)63-104-90-84(102-60-70-45-25-9-26-46-70)81(100-58-68-41-21-7-22-42-68)78(98-56-66-37-17-5-18-38-66)75(106-90)62-103-89-83(101-59-69-43-23-8-24-44-69)80(99-57-67-39-19-6-20-40-67)77(97-55-65-35-15-4-16-36-65)74(105-89)61-95-54-64-33-13-3-14-34-64/h1,3-52,74-85,89-91H,53-63H2/t74-,75-,76-,77-,78-,79-,80+,81+,82+,83+,84+,85+,89+,90+,91+/m1/s1. The molecule has 10 aromatic carbocycles. The van der Waals surface area contributed by atoms with Crippen molar-refractivity contribution in [3.8, 4) is 12.3 Å². The fourth-order valence-corrected chi connectivity index (χ4v) is 13.3. The van der Waals surface area contributed by atoms with E-state index in [1.165, 1.54) is 0 Å². The highest BCUT2D eigenvalue weighted by molar-refractivity contribution is 5.91. The van der Waals surface area contributed by atoms with Crippen LogP contribution in [-0.2, 0) is 122 Å². The average Bonchev–Trinajstić information content (AvgIpc) is 0.783. The summed E-state index contributed by atoms with van der Waals surface area (Å²) in [6.07, 6.45) is -12.6. The second kappa shape index (κ2) is 40.9. The van der Waals surface area contributed by atoms with Gasteiger partial charge in [-0.1, -0.05) is 273 Å². The van der Waals surface area contributed by atoms with E-state index >= 15 is 0 Å². The van der Waals surface area contributed by atoms with E-state index in [-0.39, 0.29) is 82.8 Å². The number of carbonyl (C=O) groups is 3. The van der Waals surface area contributed by atoms with E-state index in [1.54, 1.807) is 91.0 Å². The lowest BCUT2D eigenvalue weighted by atomic mass is 9.96. The Kier molecular flexibility index (Phi) is 28.9. The van der Waals surface area contributed by atoms with Gasteiger partial charge in [-0.25, -0.2) is 14.4 Å². The molecule has 0 spiro atoms. The third kappa shape index (κ3) is 22.0. The predicted molar refractivity (Wildman–Crippen MR) is 406 cm³/mol. The first-order valence-corrected chi connectivity index (χ1v) is 36.8. The van der Waals surface area contributed by atoms with E-state index in [2.05, 4.69) is 5.92 Å². The zero-order valence-corrected chi connectivity index (χ0v) is 60.6. The van der Waals surface area contributed by atoms with Gasteiger partial charge in [0.05, 0.1) is 82.8 Å². The van der Waals surface area contributed by atoms with Crippen LogP contribution in [-0.4, -0.2) is 136 Å². The molecule has 110 heavy (non-hydrogen) atoms. The van der Waals surface area contributed by atoms with Crippen molar-refractivity contribution in [3.63, 3.8) is 0 Å². The molecule has 0 saturated carbocycles. The highest BCUT2D eigenvalue weighted by Crippen LogP contribution is 2.38. The number of benzene rings is 10. The Morgan fingerprint density at radius 1 is 0.255 bits per heavy atom. The summed E-state index contributed by atoms with van der Waals surface area (Å²) < 4.78 is 111. The predicted octanol–water partition coefficient (Wildman–Crippen LogP) is 14.3. The van der Waals surface area contributed by atoms with Gasteiger partial charge in [0.15, 0.2) is 37.2 Å². The molecular formula is C91H88O19. The summed E-state index contributed by atoms with van der Waals surface area (Å²) in [5.41, 5.74) is 6.59. The summed E-state index contributed by atoms with van der Waals surface area (Å²) >= 11 is 0. The van der Waals surface area contributed by atoms with E-state index in [9.17, 15) is 14.4 Å². The van der Waals surface area contributed by atoms with Gasteiger partial charge in [-0.3, -0.25) is 0 Å². The van der Waals surface area contributed by atoms with Crippen molar-refractivity contribution >= 4 is 17.9 Å². The SMILES string of the molecule is C#CCO[C@H]1O[C@H](CO[C@H]2O[C@H](CO[C@H]3O[C@H](COCc4ccccc4)[C@@H](OCc4ccccc4)[C@H](OCc4ccccc4)[C@@H]3OCc3ccccc3)[C@@H](OCc3ccccc3)[C@H](OCc3ccccc3)[C@@H]2OCc2ccccc2)[C@@H](OC(=O)c2ccccc2)[C@H](OC(=O)c2ccccc2)[C@@H]1OC(=O)c1ccccc1. The van der Waals surface area contributed by atoms with E-state index in [1.807, 2.05) is 212 Å². The second-order valence-corrected chi connectivity index (χ2v) is 26.6. The lowest BCUT2D eigenvalue weighted by Crippen LogP contribution is -2.65. The summed E-state index contributed by atoms with van der Waals surface area (Å²) in [5.74, 6) is -0.0535. The van der Waals surface area contributed by atoms with Gasteiger partial charge in [0.25, 0.3) is 0 Å². The summed E-state index contributed by atoms with van der Waals surface area (Å²) in [5, 5.41) is 0. The number of ether oxygens (including phenoxy) is 16. The summed E-state index contributed by atoms with van der Waals surface area (Å²) in [7, 11) is 0. The molecule has 0 unspecified atom stereocenters. The lowest BCUT2D eigenvalue weighted by molar-refractivity contribution is -0.359. The van der Waals surface area contributed by atoms with Gasteiger partial charge >= 0.3 is 17.9 Å². The number of rotatable bonds is 36. The largest absolute Gasteiger partial charge is 0.452 e. The molecule has 19 heteroatoms. The molecule has 0 aliphatic carbocycles. The van der Waals surface area contributed by atoms with Crippen molar-refractivity contribution in [2.75, 3.05) is 26.4 Å². The molecule has 10 aromatic rings. The molecule has 0 N–H and O–H groups in total. The Bertz CT molecular complexity index is 4380. The van der Waals surface area contributed by atoms with Crippen LogP contribution in [0.5, 0.6) is 0 Å². The number of terminal acetylenes is 1. The van der Waals surface area contributed by atoms with E-state index in [4.69, 9.17) is 82.2 Å². The van der Waals surface area contributed by atoms with Crippen LogP contribution >= 0.6 is 0 Å². The van der Waals surface area contributed by atoms with Gasteiger partial charge in [0, 0.05) is 0 Å². The van der Waals surface area contributed by atoms with Crippen LogP contribution in [0.3, 0.4) is 0 Å². The molecule has 3 aliphatic heterocycles. The molecule has 13 rings (SSSR count). The third-order valence-corrected chi connectivity index (χ3v) is 18.8. The van der Waals surface area contributed by atoms with Crippen molar-refractivity contribution in [2.24, 2.45) is 0 Å². The molecule has 3 heterocycles. The number of esters is 3. The molecule has 566 valence electrons. The summed E-state index contributed by atoms with van der Waals surface area (Å²) in [4.78, 5) is 43.8. The van der Waals surface area contributed by atoms with Crippen LogP contribution in [0.4, 0.5) is 0 Å². The van der Waals surface area contributed by atoms with E-state index < -0.39 is 117 Å². The zero-order chi connectivity index (χ0) is 75.3. The smallest absolute Gasteiger partial charge is 0.338 e. The first-order valence-electron chi connectivity index (χ1n) is 36.8. The third-order valence-electron chi connectivity index (χ3n) is 18.8. The van der Waals surface area contributed by atoms with Crippen molar-refractivity contribution in [1.29, 1.82) is 0 Å². The Morgan fingerprint density at radius 3 is 0.818 bits per heavy atom. The fraction of sp³-hybridized carbons (Fsp3) is 0.286. The van der Waals surface area contributed by atoms with Crippen LogP contribution in [0, 0.1) is 12.3 Å². The molecule has 15 atom stereocenters. The zero-order valence-electron chi connectivity index (χ0n) is 60.6. The molecule has 3 saturated heterocycles. The van der Waals surface area contributed by atoms with E-state index in [0.717, 1.165) is 38.9 Å². The van der Waals surface area contributed by atoms with Crippen molar-refractivity contribution in [2.45, 2.75) is 138 Å². The molecule has 0 amide bonds. The molecule has 3 aliphatic rings. The maximum absolute atomic E-state index is 14.8. The minimum absolute atomic E-state index is 0.0275. The Labute approximate surface area is 641 Å². The Morgan fingerprint density at radius 2 is 0.500 bits per heavy atom. The molecule has 19 nitrogen and oxygen atoms in total. The van der Waals surface area contributed by atoms with Gasteiger partial charge in [-0.05, 0) is 75.3 Å². The first-order chi connectivity index (χ1) is 54.3. The topological polar surface area (TPSA) is 199 Å². The molecule has 0 aromatic heterocycles. The first kappa shape index (κ1) is 77.8. The highest BCUT2D eigenvalue weighted by atomic mass is 16.8. The number of carbonyl (C=O) groups excluding carboxylic acids is 3. The van der Waals surface area contributed by atoms with Crippen molar-refractivity contribution in [1.82, 2.24) is 0 Å². The minimum atomic E-state index is -1.67. The maximum atomic E-state index is 14.8. The number of hydrogen-bond acceptors (Lipinski definition) is 19. The molecule has 3 fully saturated rings. The molecule has 0 bridgehead atoms. The monoisotopic (exact) mass is 1480 g/mol. The summed E-state index contributed by atoms with van der Waals surface area (Å²) in [6, 6.07) is 93.1. The highest BCUT2D eigenvalue weighted by Gasteiger charge is 2.56. The normalized spacial score (nSPS) is 23.8. The fourth-order valence-electron chi connectivity index (χ4n) is 13.3. The molecule has 0 radical (unpaired) electrons. The lowest BCUT2D eigenvalue weighted by Gasteiger charge is -2.48. The van der Waals surface area contributed by atoms with Gasteiger partial charge < -0.3 is 75.8 Å². The summed E-state index contributed by atoms with van der Waals surface area (Å²) in [6.45, 7) is -0.214. The van der Waals surface area contributed by atoms with Gasteiger partial charge in [-0.2, -0.15) is 0 Å². The minimum Gasteiger partial charge on any atom is -0.452 e. The Hall–Kier alpha value is -10.4. The van der Waals surface area contributed by atoms with Gasteiger partial charge in [0.1, 0.15) is 61.5 Å².